The number of phenols is 1. The van der Waals surface area contributed by atoms with Crippen LogP contribution >= 0.6 is 12.4 Å². The molecule has 0 saturated carbocycles. The molecule has 1 unspecified atom stereocenters. The molecule has 0 saturated heterocycles. The molecule has 1 aliphatic rings. The van der Waals surface area contributed by atoms with Crippen LogP contribution in [0.5, 0.6) is 5.75 Å². The van der Waals surface area contributed by atoms with Gasteiger partial charge in [0.25, 0.3) is 0 Å². The molecule has 1 N–H and O–H groups in total. The van der Waals surface area contributed by atoms with Crippen molar-refractivity contribution in [2.24, 2.45) is 0 Å². The van der Waals surface area contributed by atoms with Gasteiger partial charge < -0.3 is 5.11 Å². The molecule has 0 spiro atoms. The van der Waals surface area contributed by atoms with E-state index in [1.807, 2.05) is 24.3 Å². The zero-order valence-corrected chi connectivity index (χ0v) is 16.4. The molecule has 1 aliphatic heterocycles. The van der Waals surface area contributed by atoms with Crippen molar-refractivity contribution in [2.45, 2.75) is 17.2 Å². The number of halogens is 1. The van der Waals surface area contributed by atoms with Crippen LogP contribution in [0, 0.1) is 0 Å². The van der Waals surface area contributed by atoms with Crippen molar-refractivity contribution in [1.29, 1.82) is 0 Å². The van der Waals surface area contributed by atoms with Crippen molar-refractivity contribution in [3.05, 3.63) is 71.8 Å². The lowest BCUT2D eigenvalue weighted by molar-refractivity contribution is 0.306. The first-order valence-electron chi connectivity index (χ1n) is 8.34. The standard InChI is InChI=1S/C20H23NO3S.ClH/c1-3-10-21-11-9-16-12-20(25(2,23)24)19(22)13-17(16)18(14-21)15-7-5-4-6-8-15;/h3-8,12-13,18,22H,1,9-11,14H2,2H3;1H. The largest absolute Gasteiger partial charge is 0.507 e. The second-order valence-corrected chi connectivity index (χ2v) is 8.54. The maximum absolute atomic E-state index is 12.0. The summed E-state index contributed by atoms with van der Waals surface area (Å²) in [7, 11) is -3.46. The number of nitrogens with zero attached hydrogens (tertiary/aromatic N) is 1. The average molecular weight is 394 g/mol. The Bertz CT molecular complexity index is 881. The van der Waals surface area contributed by atoms with E-state index in [1.54, 1.807) is 12.1 Å². The fraction of sp³-hybridized carbons (Fsp3) is 0.300. The summed E-state index contributed by atoms with van der Waals surface area (Å²) in [4.78, 5) is 2.32. The van der Waals surface area contributed by atoms with Crippen LogP contribution in [0.15, 0.2) is 60.0 Å². The zero-order valence-electron chi connectivity index (χ0n) is 14.8. The van der Waals surface area contributed by atoms with E-state index in [9.17, 15) is 13.5 Å². The molecule has 2 aromatic rings. The maximum atomic E-state index is 12.0. The fourth-order valence-electron chi connectivity index (χ4n) is 3.51. The van der Waals surface area contributed by atoms with Crippen molar-refractivity contribution in [2.75, 3.05) is 25.9 Å². The van der Waals surface area contributed by atoms with Gasteiger partial charge in [-0.25, -0.2) is 8.42 Å². The zero-order chi connectivity index (χ0) is 18.0. The van der Waals surface area contributed by atoms with E-state index in [0.717, 1.165) is 49.0 Å². The Hall–Kier alpha value is -1.82. The Morgan fingerprint density at radius 3 is 2.58 bits per heavy atom. The normalized spacial score (nSPS) is 17.7. The molecule has 0 aliphatic carbocycles. The molecule has 1 heterocycles. The van der Waals surface area contributed by atoms with Crippen LogP contribution in [0.4, 0.5) is 0 Å². The van der Waals surface area contributed by atoms with Gasteiger partial charge in [0.15, 0.2) is 9.84 Å². The van der Waals surface area contributed by atoms with E-state index in [-0.39, 0.29) is 29.0 Å². The highest BCUT2D eigenvalue weighted by Gasteiger charge is 2.27. The summed E-state index contributed by atoms with van der Waals surface area (Å²) in [5.41, 5.74) is 3.15. The van der Waals surface area contributed by atoms with E-state index in [0.29, 0.717) is 0 Å². The summed E-state index contributed by atoms with van der Waals surface area (Å²) in [5.74, 6) is -0.0856. The Balaban J connectivity index is 0.00000243. The van der Waals surface area contributed by atoms with E-state index in [2.05, 4.69) is 23.6 Å². The van der Waals surface area contributed by atoms with Gasteiger partial charge in [-0.2, -0.15) is 0 Å². The Kier molecular flexibility index (Phi) is 6.50. The van der Waals surface area contributed by atoms with Gasteiger partial charge in [-0.05, 0) is 35.2 Å². The topological polar surface area (TPSA) is 57.6 Å². The maximum Gasteiger partial charge on any atom is 0.179 e. The molecule has 2 aromatic carbocycles. The quantitative estimate of drug-likeness (QED) is 0.809. The molecular formula is C20H24ClNO3S. The molecule has 6 heteroatoms. The van der Waals surface area contributed by atoms with Gasteiger partial charge in [-0.15, -0.1) is 19.0 Å². The number of benzene rings is 2. The molecule has 26 heavy (non-hydrogen) atoms. The highest BCUT2D eigenvalue weighted by Crippen LogP contribution is 2.36. The predicted molar refractivity (Wildman–Crippen MR) is 107 cm³/mol. The predicted octanol–water partition coefficient (Wildman–Crippen LogP) is 3.39. The molecule has 0 amide bonds. The van der Waals surface area contributed by atoms with Gasteiger partial charge in [-0.3, -0.25) is 4.90 Å². The van der Waals surface area contributed by atoms with Gasteiger partial charge in [0.1, 0.15) is 10.6 Å². The lowest BCUT2D eigenvalue weighted by atomic mass is 9.88. The first-order valence-corrected chi connectivity index (χ1v) is 10.2. The van der Waals surface area contributed by atoms with Crippen LogP contribution in [0.1, 0.15) is 22.6 Å². The first kappa shape index (κ1) is 20.5. The van der Waals surface area contributed by atoms with Crippen LogP contribution < -0.4 is 0 Å². The van der Waals surface area contributed by atoms with Gasteiger partial charge in [0, 0.05) is 31.8 Å². The number of hydrogen-bond acceptors (Lipinski definition) is 4. The molecule has 1 atom stereocenters. The SMILES string of the molecule is C=CCN1CCc2cc(S(C)(=O)=O)c(O)cc2C(c2ccccc2)C1.Cl. The summed E-state index contributed by atoms with van der Waals surface area (Å²) in [6.45, 7) is 6.25. The second-order valence-electron chi connectivity index (χ2n) is 6.55. The minimum Gasteiger partial charge on any atom is -0.507 e. The molecule has 0 radical (unpaired) electrons. The summed E-state index contributed by atoms with van der Waals surface area (Å²) in [5, 5.41) is 10.3. The van der Waals surface area contributed by atoms with Crippen LogP contribution in [0.2, 0.25) is 0 Å². The third-order valence-electron chi connectivity index (χ3n) is 4.72. The lowest BCUT2D eigenvalue weighted by Crippen LogP contribution is -2.28. The third kappa shape index (κ3) is 4.29. The van der Waals surface area contributed by atoms with Crippen molar-refractivity contribution < 1.29 is 13.5 Å². The molecular weight excluding hydrogens is 370 g/mol. The first-order chi connectivity index (χ1) is 11.9. The van der Waals surface area contributed by atoms with Crippen molar-refractivity contribution >= 4 is 22.2 Å². The van der Waals surface area contributed by atoms with Crippen LogP contribution in [-0.2, 0) is 16.3 Å². The minimum absolute atomic E-state index is 0. The average Bonchev–Trinajstić information content (AvgIpc) is 2.74. The van der Waals surface area contributed by atoms with Crippen molar-refractivity contribution in [3.63, 3.8) is 0 Å². The van der Waals surface area contributed by atoms with E-state index >= 15 is 0 Å². The van der Waals surface area contributed by atoms with Gasteiger partial charge >= 0.3 is 0 Å². The van der Waals surface area contributed by atoms with Crippen LogP contribution in [-0.4, -0.2) is 44.3 Å². The van der Waals surface area contributed by atoms with E-state index in [1.165, 1.54) is 0 Å². The van der Waals surface area contributed by atoms with E-state index < -0.39 is 9.84 Å². The molecule has 3 rings (SSSR count). The third-order valence-corrected chi connectivity index (χ3v) is 5.85. The number of sulfone groups is 1. The second kappa shape index (κ2) is 8.25. The fourth-order valence-corrected chi connectivity index (χ4v) is 4.30. The molecule has 140 valence electrons. The van der Waals surface area contributed by atoms with Crippen molar-refractivity contribution in [3.8, 4) is 5.75 Å². The van der Waals surface area contributed by atoms with Gasteiger partial charge in [0.05, 0.1) is 0 Å². The molecule has 0 fully saturated rings. The summed E-state index contributed by atoms with van der Waals surface area (Å²) in [6, 6.07) is 13.4. The highest BCUT2D eigenvalue weighted by molar-refractivity contribution is 7.90. The number of fused-ring (bicyclic) bond motifs is 1. The molecule has 0 bridgehead atoms. The van der Waals surface area contributed by atoms with Crippen LogP contribution in [0.25, 0.3) is 0 Å². The lowest BCUT2D eigenvalue weighted by Gasteiger charge is -2.24. The van der Waals surface area contributed by atoms with Gasteiger partial charge in [-0.1, -0.05) is 36.4 Å². The number of hydrogen-bond donors (Lipinski definition) is 1. The van der Waals surface area contributed by atoms with Crippen LogP contribution in [0.3, 0.4) is 0 Å². The Morgan fingerprint density at radius 2 is 1.96 bits per heavy atom. The monoisotopic (exact) mass is 393 g/mol. The Morgan fingerprint density at radius 1 is 1.27 bits per heavy atom. The van der Waals surface area contributed by atoms with E-state index in [4.69, 9.17) is 0 Å². The molecule has 4 nitrogen and oxygen atoms in total. The minimum atomic E-state index is -3.46. The summed E-state index contributed by atoms with van der Waals surface area (Å²) < 4.78 is 23.9. The number of rotatable bonds is 4. The van der Waals surface area contributed by atoms with Gasteiger partial charge in [0.2, 0.25) is 0 Å². The molecule has 0 aromatic heterocycles. The summed E-state index contributed by atoms with van der Waals surface area (Å²) in [6.07, 6.45) is 3.76. The number of phenolic OH excluding ortho intramolecular Hbond substituents is 1. The van der Waals surface area contributed by atoms with Crippen molar-refractivity contribution in [1.82, 2.24) is 4.90 Å². The number of aromatic hydroxyl groups is 1. The highest BCUT2D eigenvalue weighted by atomic mass is 35.5. The smallest absolute Gasteiger partial charge is 0.179 e. The Labute approximate surface area is 161 Å². The summed E-state index contributed by atoms with van der Waals surface area (Å²) >= 11 is 0.